The number of carbonyl (C=O) groups is 3. The fourth-order valence-electron chi connectivity index (χ4n) is 3.63. The van der Waals surface area contributed by atoms with Crippen LogP contribution >= 0.6 is 0 Å². The Hall–Kier alpha value is -2.89. The Balaban J connectivity index is 1.68. The number of benzene rings is 2. The predicted octanol–water partition coefficient (Wildman–Crippen LogP) is 3.22. The van der Waals surface area contributed by atoms with Gasteiger partial charge in [-0.2, -0.15) is 0 Å². The molecule has 1 heterocycles. The number of carbonyl (C=O) groups excluding carboxylic acids is 3. The van der Waals surface area contributed by atoms with Crippen LogP contribution in [-0.2, 0) is 14.3 Å². The molecule has 2 aromatic rings. The Morgan fingerprint density at radius 3 is 2.54 bits per heavy atom. The van der Waals surface area contributed by atoms with Crippen molar-refractivity contribution < 1.29 is 23.9 Å². The molecule has 0 aliphatic carbocycles. The van der Waals surface area contributed by atoms with E-state index in [0.717, 1.165) is 29.4 Å². The molecule has 1 aliphatic heterocycles. The summed E-state index contributed by atoms with van der Waals surface area (Å²) in [6, 6.07) is 11.4. The second-order valence-electron chi connectivity index (χ2n) is 7.05. The zero-order valence-corrected chi connectivity index (χ0v) is 16.3. The third-order valence-electron chi connectivity index (χ3n) is 5.25. The van der Waals surface area contributed by atoms with E-state index in [9.17, 15) is 14.4 Å². The number of piperidine rings is 1. The van der Waals surface area contributed by atoms with Gasteiger partial charge in [-0.3, -0.25) is 14.4 Å². The minimum atomic E-state index is -0.397. The zero-order chi connectivity index (χ0) is 20.1. The molecule has 0 N–H and O–H groups in total. The van der Waals surface area contributed by atoms with Crippen LogP contribution in [-0.4, -0.2) is 49.9 Å². The first-order chi connectivity index (χ1) is 13.5. The lowest BCUT2D eigenvalue weighted by molar-refractivity contribution is -0.144. The highest BCUT2D eigenvalue weighted by Crippen LogP contribution is 2.26. The highest BCUT2D eigenvalue weighted by atomic mass is 16.5. The molecule has 1 aliphatic rings. The van der Waals surface area contributed by atoms with Crippen molar-refractivity contribution >= 4 is 28.4 Å². The number of hydrogen-bond acceptors (Lipinski definition) is 5. The van der Waals surface area contributed by atoms with Crippen molar-refractivity contribution in [3.63, 3.8) is 0 Å². The summed E-state index contributed by atoms with van der Waals surface area (Å²) in [6.07, 6.45) is 1.73. The number of ketones is 1. The average Bonchev–Trinajstić information content (AvgIpc) is 2.75. The van der Waals surface area contributed by atoms with Crippen LogP contribution in [0.1, 0.15) is 36.0 Å². The maximum atomic E-state index is 13.0. The lowest BCUT2D eigenvalue weighted by atomic mass is 9.89. The van der Waals surface area contributed by atoms with Gasteiger partial charge in [0.15, 0.2) is 5.78 Å². The van der Waals surface area contributed by atoms with E-state index in [0.29, 0.717) is 18.7 Å². The van der Waals surface area contributed by atoms with Gasteiger partial charge in [-0.25, -0.2) is 0 Å². The number of rotatable bonds is 6. The van der Waals surface area contributed by atoms with Crippen molar-refractivity contribution in [1.82, 2.24) is 4.90 Å². The number of Topliss-reactive ketones (excluding diaryl/α,β-unsaturated/α-hetero) is 1. The Bertz CT molecular complexity index is 892. The molecular formula is C22H25NO5. The maximum Gasteiger partial charge on any atom is 0.306 e. The monoisotopic (exact) mass is 383 g/mol. The zero-order valence-electron chi connectivity index (χ0n) is 16.3. The lowest BCUT2D eigenvalue weighted by Crippen LogP contribution is -2.42. The Morgan fingerprint density at radius 2 is 1.79 bits per heavy atom. The summed E-state index contributed by atoms with van der Waals surface area (Å²) >= 11 is 0. The molecule has 0 saturated carbocycles. The molecule has 6 heteroatoms. The third-order valence-corrected chi connectivity index (χ3v) is 5.25. The Labute approximate surface area is 164 Å². The van der Waals surface area contributed by atoms with Gasteiger partial charge < -0.3 is 14.4 Å². The molecule has 3 rings (SSSR count). The van der Waals surface area contributed by atoms with E-state index in [1.54, 1.807) is 12.0 Å². The van der Waals surface area contributed by atoms with Gasteiger partial charge >= 0.3 is 5.97 Å². The van der Waals surface area contributed by atoms with Gasteiger partial charge in [0.2, 0.25) is 5.91 Å². The van der Waals surface area contributed by atoms with Gasteiger partial charge in [-0.1, -0.05) is 18.2 Å². The summed E-state index contributed by atoms with van der Waals surface area (Å²) in [5.41, 5.74) is 0.659. The van der Waals surface area contributed by atoms with Crippen molar-refractivity contribution in [3.05, 3.63) is 42.0 Å². The molecule has 6 nitrogen and oxygen atoms in total. The minimum absolute atomic E-state index is 0.0585. The summed E-state index contributed by atoms with van der Waals surface area (Å²) in [5.74, 6) is 0.119. The molecule has 0 aromatic heterocycles. The first-order valence-corrected chi connectivity index (χ1v) is 9.48. The van der Waals surface area contributed by atoms with Crippen LogP contribution in [0, 0.1) is 5.92 Å². The van der Waals surface area contributed by atoms with E-state index in [4.69, 9.17) is 4.74 Å². The van der Waals surface area contributed by atoms with E-state index in [-0.39, 0.29) is 30.4 Å². The van der Waals surface area contributed by atoms with Crippen LogP contribution in [0.4, 0.5) is 0 Å². The summed E-state index contributed by atoms with van der Waals surface area (Å²) in [6.45, 7) is 1.03. The van der Waals surface area contributed by atoms with Crippen molar-refractivity contribution in [2.45, 2.75) is 25.7 Å². The normalized spacial score (nSPS) is 16.6. The number of likely N-dealkylation sites (tertiary alicyclic amines) is 1. The summed E-state index contributed by atoms with van der Waals surface area (Å²) in [5, 5.41) is 1.99. The van der Waals surface area contributed by atoms with E-state index >= 15 is 0 Å². The lowest BCUT2D eigenvalue weighted by Gasteiger charge is -2.32. The van der Waals surface area contributed by atoms with Crippen molar-refractivity contribution in [1.29, 1.82) is 0 Å². The predicted molar refractivity (Wildman–Crippen MR) is 105 cm³/mol. The summed E-state index contributed by atoms with van der Waals surface area (Å²) < 4.78 is 9.82. The Kier molecular flexibility index (Phi) is 6.29. The Morgan fingerprint density at radius 1 is 1.04 bits per heavy atom. The first-order valence-electron chi connectivity index (χ1n) is 9.48. The highest BCUT2D eigenvalue weighted by molar-refractivity contribution is 6.01. The first kappa shape index (κ1) is 19.9. The smallest absolute Gasteiger partial charge is 0.306 e. The highest BCUT2D eigenvalue weighted by Gasteiger charge is 2.29. The topological polar surface area (TPSA) is 72.9 Å². The molecule has 0 spiro atoms. The molecule has 1 fully saturated rings. The SMILES string of the molecule is COC(=O)CCC(=O)N1CCC[C@@H](C(=O)c2ccc3cc(OC)ccc3c2)C1. The molecular weight excluding hydrogens is 358 g/mol. The molecule has 0 bridgehead atoms. The molecule has 1 amide bonds. The van der Waals surface area contributed by atoms with Crippen LogP contribution in [0.2, 0.25) is 0 Å². The van der Waals surface area contributed by atoms with E-state index in [2.05, 4.69) is 4.74 Å². The second kappa shape index (κ2) is 8.87. The van der Waals surface area contributed by atoms with Gasteiger partial charge in [0.05, 0.1) is 20.6 Å². The average molecular weight is 383 g/mol. The number of hydrogen-bond donors (Lipinski definition) is 0. The van der Waals surface area contributed by atoms with Gasteiger partial charge in [-0.15, -0.1) is 0 Å². The minimum Gasteiger partial charge on any atom is -0.497 e. The van der Waals surface area contributed by atoms with Crippen molar-refractivity contribution in [2.24, 2.45) is 5.92 Å². The molecule has 148 valence electrons. The molecule has 1 atom stereocenters. The molecule has 0 unspecified atom stereocenters. The second-order valence-corrected chi connectivity index (χ2v) is 7.05. The standard InChI is InChI=1S/C22H25NO5/c1-27-19-8-7-15-12-17(6-5-16(15)13-19)22(26)18-4-3-11-23(14-18)20(24)9-10-21(25)28-2/h5-8,12-13,18H,3-4,9-11,14H2,1-2H3/t18-/m1/s1. The third kappa shape index (κ3) is 4.50. The van der Waals surface area contributed by atoms with Gasteiger partial charge in [0, 0.05) is 31.0 Å². The number of ether oxygens (including phenoxy) is 2. The number of methoxy groups -OCH3 is 2. The van der Waals surface area contributed by atoms with Gasteiger partial charge in [0.1, 0.15) is 5.75 Å². The van der Waals surface area contributed by atoms with Crippen LogP contribution in [0.25, 0.3) is 10.8 Å². The van der Waals surface area contributed by atoms with Crippen molar-refractivity contribution in [3.8, 4) is 5.75 Å². The molecule has 0 radical (unpaired) electrons. The molecule has 1 saturated heterocycles. The van der Waals surface area contributed by atoms with Gasteiger partial charge in [0.25, 0.3) is 0 Å². The molecule has 2 aromatic carbocycles. The maximum absolute atomic E-state index is 13.0. The van der Waals surface area contributed by atoms with Crippen LogP contribution in [0.15, 0.2) is 36.4 Å². The van der Waals surface area contributed by atoms with Gasteiger partial charge in [-0.05, 0) is 41.8 Å². The summed E-state index contributed by atoms with van der Waals surface area (Å²) in [4.78, 5) is 38.3. The number of fused-ring (bicyclic) bond motifs is 1. The largest absolute Gasteiger partial charge is 0.497 e. The van der Waals surface area contributed by atoms with E-state index in [1.807, 2.05) is 36.4 Å². The van der Waals surface area contributed by atoms with Crippen LogP contribution in [0.5, 0.6) is 5.75 Å². The quantitative estimate of drug-likeness (QED) is 0.566. The van der Waals surface area contributed by atoms with E-state index in [1.165, 1.54) is 7.11 Å². The van der Waals surface area contributed by atoms with Crippen molar-refractivity contribution in [2.75, 3.05) is 27.3 Å². The molecule has 28 heavy (non-hydrogen) atoms. The summed E-state index contributed by atoms with van der Waals surface area (Å²) in [7, 11) is 2.93. The number of nitrogens with zero attached hydrogens (tertiary/aromatic N) is 1. The fourth-order valence-corrected chi connectivity index (χ4v) is 3.63. The van der Waals surface area contributed by atoms with Crippen LogP contribution in [0.3, 0.4) is 0 Å². The number of esters is 1. The van der Waals surface area contributed by atoms with Crippen LogP contribution < -0.4 is 4.74 Å². The fraction of sp³-hybridized carbons (Fsp3) is 0.409. The van der Waals surface area contributed by atoms with E-state index < -0.39 is 5.97 Å². The number of amides is 1.